The summed E-state index contributed by atoms with van der Waals surface area (Å²) in [5, 5.41) is 1.76. The number of hydrogen-bond acceptors (Lipinski definition) is 4. The Hall–Kier alpha value is 0.0500. The van der Waals surface area contributed by atoms with E-state index in [9.17, 15) is 8.42 Å². The summed E-state index contributed by atoms with van der Waals surface area (Å²) in [5.74, 6) is 0.533. The molecule has 0 spiro atoms. The molecule has 110 valence electrons. The van der Waals surface area contributed by atoms with E-state index >= 15 is 0 Å². The van der Waals surface area contributed by atoms with Crippen molar-refractivity contribution in [1.82, 2.24) is 9.62 Å². The first-order valence-electron chi connectivity index (χ1n) is 6.13. The first-order chi connectivity index (χ1) is 8.74. The van der Waals surface area contributed by atoms with Gasteiger partial charge in [-0.25, -0.2) is 13.1 Å². The maximum Gasteiger partial charge on any atom is 0.251 e. The highest BCUT2D eigenvalue weighted by Crippen LogP contribution is 2.27. The molecule has 1 aromatic heterocycles. The van der Waals surface area contributed by atoms with Crippen molar-refractivity contribution < 1.29 is 8.42 Å². The molecule has 1 N–H and O–H groups in total. The summed E-state index contributed by atoms with van der Waals surface area (Å²) in [5.41, 5.74) is 0. The molecule has 1 rings (SSSR count). The van der Waals surface area contributed by atoms with E-state index in [1.54, 1.807) is 11.4 Å². The Morgan fingerprint density at radius 3 is 2.47 bits per heavy atom. The number of rotatable bonds is 7. The molecule has 1 aromatic rings. The van der Waals surface area contributed by atoms with Crippen molar-refractivity contribution in [2.75, 3.05) is 20.6 Å². The summed E-state index contributed by atoms with van der Waals surface area (Å²) in [4.78, 5) is 2.06. The van der Waals surface area contributed by atoms with Crippen molar-refractivity contribution in [1.29, 1.82) is 0 Å². The Morgan fingerprint density at radius 1 is 1.42 bits per heavy atom. The van der Waals surface area contributed by atoms with Gasteiger partial charge in [0.05, 0.1) is 0 Å². The number of halogens is 1. The molecule has 0 aliphatic rings. The molecule has 1 heterocycles. The third-order valence-corrected chi connectivity index (χ3v) is 6.90. The van der Waals surface area contributed by atoms with E-state index in [0.29, 0.717) is 21.1 Å². The van der Waals surface area contributed by atoms with Crippen LogP contribution in [0.2, 0.25) is 0 Å². The van der Waals surface area contributed by atoms with E-state index in [1.165, 1.54) is 11.3 Å². The molecule has 0 fully saturated rings. The van der Waals surface area contributed by atoms with Crippen LogP contribution >= 0.6 is 27.3 Å². The van der Waals surface area contributed by atoms with Crippen molar-refractivity contribution in [3.05, 3.63) is 15.9 Å². The second-order valence-corrected chi connectivity index (χ2v) is 8.89. The summed E-state index contributed by atoms with van der Waals surface area (Å²) in [6.07, 6.45) is 0.959. The van der Waals surface area contributed by atoms with Gasteiger partial charge in [-0.1, -0.05) is 13.8 Å². The van der Waals surface area contributed by atoms with Crippen LogP contribution in [-0.4, -0.2) is 40.0 Å². The number of thiophene rings is 1. The Balaban J connectivity index is 2.71. The van der Waals surface area contributed by atoms with Crippen molar-refractivity contribution >= 4 is 37.3 Å². The van der Waals surface area contributed by atoms with Crippen molar-refractivity contribution in [2.24, 2.45) is 5.92 Å². The normalized spacial score (nSPS) is 14.3. The molecular weight excluding hydrogens is 348 g/mol. The number of hydrogen-bond donors (Lipinski definition) is 1. The maximum absolute atomic E-state index is 12.2. The minimum atomic E-state index is -3.42. The Labute approximate surface area is 128 Å². The summed E-state index contributed by atoms with van der Waals surface area (Å²) >= 11 is 4.48. The molecule has 0 aliphatic carbocycles. The fourth-order valence-electron chi connectivity index (χ4n) is 1.76. The van der Waals surface area contributed by atoms with E-state index in [0.717, 1.165) is 6.42 Å². The Morgan fingerprint density at radius 2 is 2.05 bits per heavy atom. The third-order valence-electron chi connectivity index (χ3n) is 2.81. The van der Waals surface area contributed by atoms with Gasteiger partial charge in [0.15, 0.2) is 0 Å². The molecule has 1 atom stereocenters. The van der Waals surface area contributed by atoms with Gasteiger partial charge in [-0.2, -0.15) is 0 Å². The van der Waals surface area contributed by atoms with E-state index in [-0.39, 0.29) is 6.04 Å². The smallest absolute Gasteiger partial charge is 0.251 e. The lowest BCUT2D eigenvalue weighted by atomic mass is 10.0. The lowest BCUT2D eigenvalue weighted by molar-refractivity contribution is 0.255. The van der Waals surface area contributed by atoms with Crippen LogP contribution in [0.3, 0.4) is 0 Å². The highest BCUT2D eigenvalue weighted by molar-refractivity contribution is 9.10. The van der Waals surface area contributed by atoms with Gasteiger partial charge in [-0.05, 0) is 53.8 Å². The van der Waals surface area contributed by atoms with Gasteiger partial charge in [-0.3, -0.25) is 0 Å². The topological polar surface area (TPSA) is 49.4 Å². The molecule has 1 unspecified atom stereocenters. The predicted molar refractivity (Wildman–Crippen MR) is 84.1 cm³/mol. The zero-order valence-corrected chi connectivity index (χ0v) is 14.9. The van der Waals surface area contributed by atoms with E-state index < -0.39 is 10.0 Å². The fourth-order valence-corrected chi connectivity index (χ4v) is 5.22. The molecule has 0 aliphatic heterocycles. The summed E-state index contributed by atoms with van der Waals surface area (Å²) < 4.78 is 28.0. The molecule has 0 saturated carbocycles. The van der Waals surface area contributed by atoms with Gasteiger partial charge in [0.1, 0.15) is 4.21 Å². The maximum atomic E-state index is 12.2. The quantitative estimate of drug-likeness (QED) is 0.804. The number of nitrogens with zero attached hydrogens (tertiary/aromatic N) is 1. The van der Waals surface area contributed by atoms with Crippen molar-refractivity contribution in [3.8, 4) is 0 Å². The predicted octanol–water partition coefficient (Wildman–Crippen LogP) is 2.77. The summed E-state index contributed by atoms with van der Waals surface area (Å²) in [6.45, 7) is 4.71. The lowest BCUT2D eigenvalue weighted by Gasteiger charge is -2.26. The highest BCUT2D eigenvalue weighted by Gasteiger charge is 2.22. The molecule has 0 saturated heterocycles. The number of likely N-dealkylation sites (N-methyl/N-ethyl adjacent to an activating group) is 1. The number of sulfonamides is 1. The Kier molecular flexibility index (Phi) is 6.46. The zero-order valence-electron chi connectivity index (χ0n) is 11.7. The average molecular weight is 369 g/mol. The van der Waals surface area contributed by atoms with Gasteiger partial charge >= 0.3 is 0 Å². The van der Waals surface area contributed by atoms with Crippen LogP contribution in [0.4, 0.5) is 0 Å². The van der Waals surface area contributed by atoms with E-state index in [1.807, 2.05) is 14.1 Å². The minimum Gasteiger partial charge on any atom is -0.305 e. The first kappa shape index (κ1) is 17.1. The lowest BCUT2D eigenvalue weighted by Crippen LogP contribution is -2.40. The molecule has 0 aromatic carbocycles. The largest absolute Gasteiger partial charge is 0.305 e. The van der Waals surface area contributed by atoms with Crippen LogP contribution in [0.15, 0.2) is 20.1 Å². The van der Waals surface area contributed by atoms with Crippen LogP contribution in [0, 0.1) is 5.92 Å². The third kappa shape index (κ3) is 5.15. The molecule has 0 amide bonds. The van der Waals surface area contributed by atoms with Crippen LogP contribution in [-0.2, 0) is 10.0 Å². The van der Waals surface area contributed by atoms with Gasteiger partial charge in [0.2, 0.25) is 0 Å². The second kappa shape index (κ2) is 7.17. The van der Waals surface area contributed by atoms with Gasteiger partial charge in [-0.15, -0.1) is 11.3 Å². The molecule has 19 heavy (non-hydrogen) atoms. The number of nitrogens with one attached hydrogen (secondary N) is 1. The van der Waals surface area contributed by atoms with Gasteiger partial charge < -0.3 is 4.90 Å². The minimum absolute atomic E-state index is 0.202. The molecule has 0 bridgehead atoms. The van der Waals surface area contributed by atoms with E-state index in [4.69, 9.17) is 0 Å². The molecule has 7 heteroatoms. The van der Waals surface area contributed by atoms with Gasteiger partial charge in [0.25, 0.3) is 10.0 Å². The summed E-state index contributed by atoms with van der Waals surface area (Å²) in [7, 11) is 0.532. The van der Waals surface area contributed by atoms with Crippen LogP contribution in [0.5, 0.6) is 0 Å². The molecule has 4 nitrogen and oxygen atoms in total. The average Bonchev–Trinajstić information content (AvgIpc) is 2.70. The van der Waals surface area contributed by atoms with Crippen molar-refractivity contribution in [3.63, 3.8) is 0 Å². The van der Waals surface area contributed by atoms with Crippen LogP contribution in [0.25, 0.3) is 0 Å². The van der Waals surface area contributed by atoms with Crippen molar-refractivity contribution in [2.45, 2.75) is 30.5 Å². The van der Waals surface area contributed by atoms with Crippen LogP contribution < -0.4 is 4.72 Å². The fraction of sp³-hybridized carbons (Fsp3) is 0.667. The monoisotopic (exact) mass is 368 g/mol. The highest BCUT2D eigenvalue weighted by atomic mass is 79.9. The van der Waals surface area contributed by atoms with E-state index in [2.05, 4.69) is 39.4 Å². The second-order valence-electron chi connectivity index (χ2n) is 5.15. The molecule has 0 radical (unpaired) electrons. The standard InChI is InChI=1S/C12H21BrN2O2S2/c1-9(2)7-10(15(3)4)8-14-19(16,17)12-11(13)5-6-18-12/h5-6,9-10,14H,7-8H2,1-4H3. The Bertz CT molecular complexity index is 498. The first-order valence-corrected chi connectivity index (χ1v) is 9.28. The van der Waals surface area contributed by atoms with Crippen LogP contribution in [0.1, 0.15) is 20.3 Å². The van der Waals surface area contributed by atoms with Gasteiger partial charge in [0, 0.05) is 17.1 Å². The zero-order chi connectivity index (χ0) is 14.6. The SMILES string of the molecule is CC(C)CC(CNS(=O)(=O)c1sccc1Br)N(C)C. The molecular formula is C12H21BrN2O2S2. The summed E-state index contributed by atoms with van der Waals surface area (Å²) in [6, 6.07) is 1.95.